The van der Waals surface area contributed by atoms with Crippen molar-refractivity contribution in [2.75, 3.05) is 0 Å². The van der Waals surface area contributed by atoms with E-state index in [1.165, 1.54) is 0 Å². The van der Waals surface area contributed by atoms with Gasteiger partial charge < -0.3 is 4.74 Å². The molecule has 1 aliphatic heterocycles. The molecule has 1 aliphatic rings. The lowest BCUT2D eigenvalue weighted by atomic mass is 9.88. The van der Waals surface area contributed by atoms with Crippen molar-refractivity contribution in [1.29, 1.82) is 0 Å². The molecule has 0 saturated heterocycles. The summed E-state index contributed by atoms with van der Waals surface area (Å²) in [6.45, 7) is 9.27. The van der Waals surface area contributed by atoms with Gasteiger partial charge in [-0.15, -0.1) is 0 Å². The van der Waals surface area contributed by atoms with Crippen LogP contribution in [-0.2, 0) is 9.53 Å². The topological polar surface area (TPSA) is 56.5 Å². The van der Waals surface area contributed by atoms with Crippen LogP contribution in [0.1, 0.15) is 45.0 Å². The van der Waals surface area contributed by atoms with Crippen LogP contribution in [0.15, 0.2) is 29.3 Å². The highest BCUT2D eigenvalue weighted by Gasteiger charge is 2.40. The molecular weight excluding hydrogens is 373 g/mol. The third-order valence-corrected chi connectivity index (χ3v) is 4.84. The molecule has 2 atom stereocenters. The SMILES string of the molecule is CC1=Nc2cc(C)nn2C(c2ccc(Cl)c(Cl)c2)C1C(=O)OC(C)(C)C. The van der Waals surface area contributed by atoms with Gasteiger partial charge in [0.1, 0.15) is 11.5 Å². The number of fused-ring (bicyclic) bond motifs is 1. The Labute approximate surface area is 163 Å². The van der Waals surface area contributed by atoms with E-state index in [1.54, 1.807) is 16.8 Å². The molecule has 0 aliphatic carbocycles. The van der Waals surface area contributed by atoms with E-state index in [9.17, 15) is 4.79 Å². The largest absolute Gasteiger partial charge is 0.459 e. The Morgan fingerprint density at radius 2 is 1.85 bits per heavy atom. The molecule has 3 rings (SSSR count). The van der Waals surface area contributed by atoms with E-state index in [2.05, 4.69) is 10.1 Å². The van der Waals surface area contributed by atoms with Crippen molar-refractivity contribution < 1.29 is 9.53 Å². The summed E-state index contributed by atoms with van der Waals surface area (Å²) in [5, 5.41) is 5.44. The van der Waals surface area contributed by atoms with Gasteiger partial charge in [-0.3, -0.25) is 4.79 Å². The van der Waals surface area contributed by atoms with Crippen molar-refractivity contribution in [1.82, 2.24) is 9.78 Å². The molecular formula is C19H21Cl2N3O2. The van der Waals surface area contributed by atoms with Gasteiger partial charge in [-0.1, -0.05) is 29.3 Å². The van der Waals surface area contributed by atoms with E-state index in [-0.39, 0.29) is 5.97 Å². The highest BCUT2D eigenvalue weighted by atomic mass is 35.5. The fourth-order valence-corrected chi connectivity index (χ4v) is 3.41. The van der Waals surface area contributed by atoms with Crippen LogP contribution in [0.4, 0.5) is 5.82 Å². The molecule has 0 N–H and O–H groups in total. The Bertz CT molecular complexity index is 897. The third-order valence-electron chi connectivity index (χ3n) is 4.10. The van der Waals surface area contributed by atoms with Gasteiger partial charge in [0.2, 0.25) is 0 Å². The summed E-state index contributed by atoms with van der Waals surface area (Å²) in [7, 11) is 0. The first kappa shape index (κ1) is 18.9. The van der Waals surface area contributed by atoms with Crippen LogP contribution >= 0.6 is 23.2 Å². The first-order valence-corrected chi connectivity index (χ1v) is 9.11. The van der Waals surface area contributed by atoms with E-state index in [4.69, 9.17) is 27.9 Å². The van der Waals surface area contributed by atoms with Gasteiger partial charge in [0.15, 0.2) is 5.82 Å². The third kappa shape index (κ3) is 3.64. The fourth-order valence-electron chi connectivity index (χ4n) is 3.11. The summed E-state index contributed by atoms with van der Waals surface area (Å²) in [4.78, 5) is 17.5. The number of hydrogen-bond acceptors (Lipinski definition) is 4. The van der Waals surface area contributed by atoms with Crippen LogP contribution in [-0.4, -0.2) is 27.1 Å². The molecule has 0 fully saturated rings. The summed E-state index contributed by atoms with van der Waals surface area (Å²) in [6, 6.07) is 6.84. The van der Waals surface area contributed by atoms with Crippen LogP contribution in [0.2, 0.25) is 10.0 Å². The van der Waals surface area contributed by atoms with Gasteiger partial charge in [0.25, 0.3) is 0 Å². The number of rotatable bonds is 2. The summed E-state index contributed by atoms with van der Waals surface area (Å²) in [5.74, 6) is -0.234. The van der Waals surface area contributed by atoms with Crippen molar-refractivity contribution in [2.45, 2.75) is 46.3 Å². The van der Waals surface area contributed by atoms with Crippen molar-refractivity contribution in [3.8, 4) is 0 Å². The Balaban J connectivity index is 2.14. The zero-order chi connectivity index (χ0) is 19.2. The van der Waals surface area contributed by atoms with Gasteiger partial charge >= 0.3 is 5.97 Å². The molecule has 2 aromatic rings. The molecule has 2 heterocycles. The first-order chi connectivity index (χ1) is 12.1. The maximum Gasteiger partial charge on any atom is 0.317 e. The highest BCUT2D eigenvalue weighted by Crippen LogP contribution is 2.39. The molecule has 5 nitrogen and oxygen atoms in total. The average Bonchev–Trinajstić information content (AvgIpc) is 2.86. The number of aromatic nitrogens is 2. The van der Waals surface area contributed by atoms with E-state index >= 15 is 0 Å². The van der Waals surface area contributed by atoms with Gasteiger partial charge in [-0.2, -0.15) is 5.10 Å². The number of aliphatic imine (C=N–C) groups is 1. The van der Waals surface area contributed by atoms with Crippen LogP contribution in [0.5, 0.6) is 0 Å². The smallest absolute Gasteiger partial charge is 0.317 e. The first-order valence-electron chi connectivity index (χ1n) is 8.36. The number of aryl methyl sites for hydroxylation is 1. The molecule has 0 bridgehead atoms. The number of hydrogen-bond donors (Lipinski definition) is 0. The van der Waals surface area contributed by atoms with E-state index in [0.717, 1.165) is 11.3 Å². The van der Waals surface area contributed by atoms with Gasteiger partial charge in [0.05, 0.1) is 21.8 Å². The Kier molecular flexibility index (Phi) is 4.88. The van der Waals surface area contributed by atoms with E-state index in [1.807, 2.05) is 46.8 Å². The molecule has 0 radical (unpaired) electrons. The minimum absolute atomic E-state index is 0.339. The Morgan fingerprint density at radius 1 is 1.15 bits per heavy atom. The van der Waals surface area contributed by atoms with E-state index in [0.29, 0.717) is 21.6 Å². The minimum Gasteiger partial charge on any atom is -0.459 e. The normalized spacial score (nSPS) is 19.7. The highest BCUT2D eigenvalue weighted by molar-refractivity contribution is 6.42. The maximum atomic E-state index is 13.0. The Morgan fingerprint density at radius 3 is 2.46 bits per heavy atom. The summed E-state index contributed by atoms with van der Waals surface area (Å²) >= 11 is 12.3. The van der Waals surface area contributed by atoms with Gasteiger partial charge in [-0.25, -0.2) is 9.67 Å². The van der Waals surface area contributed by atoms with Crippen LogP contribution in [0.25, 0.3) is 0 Å². The summed E-state index contributed by atoms with van der Waals surface area (Å²) in [5.41, 5.74) is 1.74. The van der Waals surface area contributed by atoms with E-state index < -0.39 is 17.6 Å². The standard InChI is InChI=1S/C19H21Cl2N3O2/c1-10-8-15-22-11(2)16(18(25)26-19(3,4)5)17(24(15)23-10)12-6-7-13(20)14(21)9-12/h6-9,16-17H,1-5H3. The Hall–Kier alpha value is -1.85. The molecule has 2 unspecified atom stereocenters. The van der Waals surface area contributed by atoms with Crippen molar-refractivity contribution in [3.05, 3.63) is 45.6 Å². The lowest BCUT2D eigenvalue weighted by Gasteiger charge is -2.32. The number of esters is 1. The van der Waals surface area contributed by atoms with Crippen LogP contribution in [0, 0.1) is 12.8 Å². The molecule has 0 saturated carbocycles. The zero-order valence-electron chi connectivity index (χ0n) is 15.4. The number of halogens is 2. The van der Waals surface area contributed by atoms with Gasteiger partial charge in [0, 0.05) is 11.8 Å². The number of benzene rings is 1. The number of carbonyl (C=O) groups excluding carboxylic acids is 1. The number of nitrogens with zero attached hydrogens (tertiary/aromatic N) is 3. The van der Waals surface area contributed by atoms with Crippen molar-refractivity contribution in [3.63, 3.8) is 0 Å². The molecule has 138 valence electrons. The van der Waals surface area contributed by atoms with Gasteiger partial charge in [-0.05, 0) is 52.3 Å². The molecule has 26 heavy (non-hydrogen) atoms. The van der Waals surface area contributed by atoms with Crippen molar-refractivity contribution >= 4 is 40.7 Å². The molecule has 0 spiro atoms. The number of carbonyl (C=O) groups is 1. The fraction of sp³-hybridized carbons (Fsp3) is 0.421. The van der Waals surface area contributed by atoms with Crippen LogP contribution < -0.4 is 0 Å². The number of ether oxygens (including phenoxy) is 1. The maximum absolute atomic E-state index is 13.0. The summed E-state index contributed by atoms with van der Waals surface area (Å²) < 4.78 is 7.42. The monoisotopic (exact) mass is 393 g/mol. The second-order valence-electron chi connectivity index (χ2n) is 7.47. The van der Waals surface area contributed by atoms with Crippen molar-refractivity contribution in [2.24, 2.45) is 10.9 Å². The predicted octanol–water partition coefficient (Wildman–Crippen LogP) is 5.15. The second kappa shape index (κ2) is 6.71. The molecule has 1 aromatic heterocycles. The second-order valence-corrected chi connectivity index (χ2v) is 8.29. The average molecular weight is 394 g/mol. The lowest BCUT2D eigenvalue weighted by Crippen LogP contribution is -2.39. The molecule has 7 heteroatoms. The predicted molar refractivity (Wildman–Crippen MR) is 104 cm³/mol. The quantitative estimate of drug-likeness (QED) is 0.662. The zero-order valence-corrected chi connectivity index (χ0v) is 16.9. The molecule has 0 amide bonds. The molecule has 1 aromatic carbocycles. The van der Waals surface area contributed by atoms with Crippen LogP contribution in [0.3, 0.4) is 0 Å². The minimum atomic E-state index is -0.599. The lowest BCUT2D eigenvalue weighted by molar-refractivity contribution is -0.158. The summed E-state index contributed by atoms with van der Waals surface area (Å²) in [6.07, 6.45) is 0.